The molecule has 1 atom stereocenters. The molecule has 0 aromatic carbocycles. The van der Waals surface area contributed by atoms with Gasteiger partial charge < -0.3 is 14.7 Å². The van der Waals surface area contributed by atoms with Gasteiger partial charge in [0.1, 0.15) is 12.0 Å². The highest BCUT2D eigenvalue weighted by molar-refractivity contribution is 14.0. The van der Waals surface area contributed by atoms with E-state index in [-0.39, 0.29) is 24.0 Å². The highest BCUT2D eigenvalue weighted by Gasteiger charge is 2.31. The maximum absolute atomic E-state index is 4.86. The van der Waals surface area contributed by atoms with Gasteiger partial charge in [-0.15, -0.1) is 24.0 Å². The Morgan fingerprint density at radius 3 is 2.95 bits per heavy atom. The lowest BCUT2D eigenvalue weighted by atomic mass is 9.78. The summed E-state index contributed by atoms with van der Waals surface area (Å²) in [6, 6.07) is 1.87. The number of aromatic nitrogens is 1. The van der Waals surface area contributed by atoms with Crippen molar-refractivity contribution in [1.82, 2.24) is 15.4 Å². The second-order valence-electron chi connectivity index (χ2n) is 6.25. The predicted octanol–water partition coefficient (Wildman–Crippen LogP) is 3.66. The summed E-state index contributed by atoms with van der Waals surface area (Å²) in [5.74, 6) is 1.00. The number of likely N-dealkylation sites (tertiary alicyclic amines) is 1. The van der Waals surface area contributed by atoms with Crippen molar-refractivity contribution in [3.8, 4) is 0 Å². The normalized spacial score (nSPS) is 22.3. The first-order valence-corrected chi connectivity index (χ1v) is 8.09. The van der Waals surface area contributed by atoms with Crippen LogP contribution in [0.1, 0.15) is 52.1 Å². The Morgan fingerprint density at radius 2 is 2.32 bits per heavy atom. The predicted molar refractivity (Wildman–Crippen MR) is 101 cm³/mol. The summed E-state index contributed by atoms with van der Waals surface area (Å²) < 4.78 is 4.86. The third kappa shape index (κ3) is 5.44. The quantitative estimate of drug-likeness (QED) is 0.449. The first-order chi connectivity index (χ1) is 10.2. The van der Waals surface area contributed by atoms with Crippen molar-refractivity contribution in [2.24, 2.45) is 10.4 Å². The van der Waals surface area contributed by atoms with Gasteiger partial charge in [-0.25, -0.2) is 4.99 Å². The molecule has 0 aliphatic carbocycles. The maximum atomic E-state index is 4.86. The van der Waals surface area contributed by atoms with Crippen molar-refractivity contribution in [2.75, 3.05) is 19.6 Å². The smallest absolute Gasteiger partial charge is 0.194 e. The van der Waals surface area contributed by atoms with Crippen LogP contribution < -0.4 is 5.32 Å². The third-order valence-electron chi connectivity index (χ3n) is 4.15. The minimum Gasteiger partial charge on any atom is -0.364 e. The highest BCUT2D eigenvalue weighted by atomic mass is 127. The summed E-state index contributed by atoms with van der Waals surface area (Å²) in [5, 5.41) is 7.34. The molecule has 1 N–H and O–H groups in total. The van der Waals surface area contributed by atoms with Crippen LogP contribution in [0.5, 0.6) is 0 Å². The van der Waals surface area contributed by atoms with Crippen molar-refractivity contribution in [3.63, 3.8) is 0 Å². The molecule has 22 heavy (non-hydrogen) atoms. The van der Waals surface area contributed by atoms with Crippen LogP contribution in [-0.4, -0.2) is 35.7 Å². The molecule has 1 aliphatic rings. The zero-order valence-electron chi connectivity index (χ0n) is 14.0. The van der Waals surface area contributed by atoms with Crippen molar-refractivity contribution in [2.45, 2.75) is 53.0 Å². The first-order valence-electron chi connectivity index (χ1n) is 8.09. The molecule has 0 radical (unpaired) electrons. The van der Waals surface area contributed by atoms with Crippen molar-refractivity contribution >= 4 is 29.9 Å². The molecule has 1 saturated heterocycles. The van der Waals surface area contributed by atoms with E-state index < -0.39 is 0 Å². The van der Waals surface area contributed by atoms with Gasteiger partial charge in [-0.3, -0.25) is 0 Å². The zero-order chi connectivity index (χ0) is 15.1. The molecule has 5 nitrogen and oxygen atoms in total. The van der Waals surface area contributed by atoms with Gasteiger partial charge in [0.25, 0.3) is 0 Å². The maximum Gasteiger partial charge on any atom is 0.194 e. The minimum atomic E-state index is 0. The first kappa shape index (κ1) is 19.3. The van der Waals surface area contributed by atoms with Crippen molar-refractivity contribution in [1.29, 1.82) is 0 Å². The molecule has 1 aromatic heterocycles. The van der Waals surface area contributed by atoms with E-state index in [1.54, 1.807) is 6.26 Å². The summed E-state index contributed by atoms with van der Waals surface area (Å²) in [4.78, 5) is 7.12. The van der Waals surface area contributed by atoms with Gasteiger partial charge in [0.05, 0.1) is 6.54 Å². The van der Waals surface area contributed by atoms with Crippen molar-refractivity contribution in [3.05, 3.63) is 18.0 Å². The average molecular weight is 420 g/mol. The fraction of sp³-hybridized carbons (Fsp3) is 0.750. The number of guanidine groups is 1. The van der Waals surface area contributed by atoms with E-state index in [0.29, 0.717) is 12.0 Å². The molecular formula is C16H29IN4O. The molecule has 126 valence electrons. The van der Waals surface area contributed by atoms with Gasteiger partial charge in [0.2, 0.25) is 0 Å². The Hall–Kier alpha value is -0.790. The fourth-order valence-electron chi connectivity index (χ4n) is 3.20. The number of halogens is 1. The number of aliphatic imine (C=N–C) groups is 1. The number of piperidine rings is 1. The van der Waals surface area contributed by atoms with Crippen LogP contribution in [0.25, 0.3) is 0 Å². The van der Waals surface area contributed by atoms with Gasteiger partial charge in [-0.1, -0.05) is 25.4 Å². The number of rotatable bonds is 5. The Morgan fingerprint density at radius 1 is 1.50 bits per heavy atom. The molecule has 1 fully saturated rings. The Labute approximate surface area is 150 Å². The molecule has 0 spiro atoms. The summed E-state index contributed by atoms with van der Waals surface area (Å²) >= 11 is 0. The molecular weight excluding hydrogens is 391 g/mol. The van der Waals surface area contributed by atoms with Crippen LogP contribution in [0.2, 0.25) is 0 Å². The molecule has 2 heterocycles. The Balaban J connectivity index is 0.00000242. The average Bonchev–Trinajstić information content (AvgIpc) is 2.96. The lowest BCUT2D eigenvalue weighted by Crippen LogP contribution is -2.49. The summed E-state index contributed by atoms with van der Waals surface area (Å²) in [6.45, 7) is 10.4. The van der Waals surface area contributed by atoms with E-state index in [2.05, 4.69) is 36.1 Å². The molecule has 0 bridgehead atoms. The monoisotopic (exact) mass is 420 g/mol. The molecule has 1 unspecified atom stereocenters. The van der Waals surface area contributed by atoms with Crippen LogP contribution in [0.3, 0.4) is 0 Å². The van der Waals surface area contributed by atoms with Crippen LogP contribution in [0, 0.1) is 5.41 Å². The number of nitrogens with zero attached hydrogens (tertiary/aromatic N) is 3. The number of hydrogen-bond donors (Lipinski definition) is 1. The largest absolute Gasteiger partial charge is 0.364 e. The van der Waals surface area contributed by atoms with E-state index in [0.717, 1.165) is 31.3 Å². The minimum absolute atomic E-state index is 0. The fourth-order valence-corrected chi connectivity index (χ4v) is 3.20. The molecule has 2 rings (SSSR count). The zero-order valence-corrected chi connectivity index (χ0v) is 16.3. The van der Waals surface area contributed by atoms with E-state index >= 15 is 0 Å². The highest BCUT2D eigenvalue weighted by Crippen LogP contribution is 2.33. The van der Waals surface area contributed by atoms with Crippen LogP contribution in [0.15, 0.2) is 21.8 Å². The van der Waals surface area contributed by atoms with Crippen LogP contribution in [-0.2, 0) is 6.54 Å². The molecule has 1 aromatic rings. The Kier molecular flexibility index (Phi) is 8.20. The van der Waals surface area contributed by atoms with E-state index in [9.17, 15) is 0 Å². The van der Waals surface area contributed by atoms with E-state index in [1.165, 1.54) is 25.7 Å². The Bertz CT molecular complexity index is 445. The van der Waals surface area contributed by atoms with Gasteiger partial charge >= 0.3 is 0 Å². The summed E-state index contributed by atoms with van der Waals surface area (Å²) in [6.07, 6.45) is 6.69. The van der Waals surface area contributed by atoms with Crippen LogP contribution >= 0.6 is 24.0 Å². The third-order valence-corrected chi connectivity index (χ3v) is 4.15. The van der Waals surface area contributed by atoms with E-state index in [1.807, 2.05) is 6.07 Å². The SMILES string of the molecule is CCCC1(C)CCCN(C(=NCc2ccon2)NCC)C1.I. The standard InChI is InChI=1S/C16H28N4O.HI/c1-4-8-16(3)9-6-10-20(13-16)15(17-5-2)18-12-14-7-11-21-19-14;/h7,11H,4-6,8-10,12-13H2,1-3H3,(H,17,18);1H. The number of nitrogens with one attached hydrogen (secondary N) is 1. The van der Waals surface area contributed by atoms with Gasteiger partial charge in [-0.2, -0.15) is 0 Å². The topological polar surface area (TPSA) is 53.7 Å². The lowest BCUT2D eigenvalue weighted by molar-refractivity contribution is 0.142. The number of hydrogen-bond acceptors (Lipinski definition) is 3. The van der Waals surface area contributed by atoms with Gasteiger partial charge in [-0.05, 0) is 31.6 Å². The molecule has 6 heteroatoms. The van der Waals surface area contributed by atoms with Crippen molar-refractivity contribution < 1.29 is 4.52 Å². The summed E-state index contributed by atoms with van der Waals surface area (Å²) in [5.41, 5.74) is 1.29. The van der Waals surface area contributed by atoms with Crippen LogP contribution in [0.4, 0.5) is 0 Å². The van der Waals surface area contributed by atoms with Gasteiger partial charge in [0, 0.05) is 25.7 Å². The van der Waals surface area contributed by atoms with E-state index in [4.69, 9.17) is 9.52 Å². The molecule has 0 saturated carbocycles. The van der Waals surface area contributed by atoms with Gasteiger partial charge in [0.15, 0.2) is 5.96 Å². The second kappa shape index (κ2) is 9.37. The molecule has 1 aliphatic heterocycles. The molecule has 0 amide bonds. The second-order valence-corrected chi connectivity index (χ2v) is 6.25. The lowest BCUT2D eigenvalue weighted by Gasteiger charge is -2.42. The summed E-state index contributed by atoms with van der Waals surface area (Å²) in [7, 11) is 0.